The van der Waals surface area contributed by atoms with E-state index >= 15 is 0 Å². The Morgan fingerprint density at radius 1 is 1.15 bits per heavy atom. The standard InChI is InChI=1S/C21H18BrNO3/c1-3-12-23-18(14-8-10-16(22)11-9-14)17(20(25)21(23)26)19(24)15-6-4-13(2)5-7-15/h3-11,18,24H,1,12H2,2H3. The summed E-state index contributed by atoms with van der Waals surface area (Å²) in [6, 6.07) is 13.9. The van der Waals surface area contributed by atoms with Crippen LogP contribution in [0.2, 0.25) is 0 Å². The highest BCUT2D eigenvalue weighted by Crippen LogP contribution is 2.39. The van der Waals surface area contributed by atoms with Gasteiger partial charge in [0, 0.05) is 16.6 Å². The fourth-order valence-corrected chi connectivity index (χ4v) is 3.33. The maximum absolute atomic E-state index is 12.7. The summed E-state index contributed by atoms with van der Waals surface area (Å²) in [6.45, 7) is 5.83. The molecule has 0 saturated carbocycles. The van der Waals surface area contributed by atoms with Gasteiger partial charge in [0.15, 0.2) is 0 Å². The van der Waals surface area contributed by atoms with E-state index in [-0.39, 0.29) is 17.9 Å². The van der Waals surface area contributed by atoms with Crippen molar-refractivity contribution in [1.82, 2.24) is 4.90 Å². The minimum Gasteiger partial charge on any atom is -0.507 e. The van der Waals surface area contributed by atoms with Gasteiger partial charge in [-0.25, -0.2) is 0 Å². The Labute approximate surface area is 160 Å². The summed E-state index contributed by atoms with van der Waals surface area (Å²) < 4.78 is 0.889. The second kappa shape index (κ2) is 7.30. The van der Waals surface area contributed by atoms with E-state index < -0.39 is 17.7 Å². The number of rotatable bonds is 4. The molecular formula is C21H18BrNO3. The van der Waals surface area contributed by atoms with Crippen molar-refractivity contribution in [2.24, 2.45) is 0 Å². The molecule has 2 aromatic rings. The highest BCUT2D eigenvalue weighted by molar-refractivity contribution is 9.10. The molecule has 1 aliphatic heterocycles. The van der Waals surface area contributed by atoms with Crippen LogP contribution in [0, 0.1) is 6.92 Å². The fraction of sp³-hybridized carbons (Fsp3) is 0.143. The Morgan fingerprint density at radius 3 is 2.35 bits per heavy atom. The number of hydrogen-bond donors (Lipinski definition) is 1. The summed E-state index contributed by atoms with van der Waals surface area (Å²) in [7, 11) is 0. The van der Waals surface area contributed by atoms with Crippen LogP contribution in [0.5, 0.6) is 0 Å². The molecule has 1 atom stereocenters. The smallest absolute Gasteiger partial charge is 0.295 e. The number of amides is 1. The van der Waals surface area contributed by atoms with Gasteiger partial charge >= 0.3 is 0 Å². The molecule has 0 aliphatic carbocycles. The molecule has 4 nitrogen and oxygen atoms in total. The molecule has 5 heteroatoms. The number of halogens is 1. The van der Waals surface area contributed by atoms with Crippen LogP contribution in [0.25, 0.3) is 5.76 Å². The van der Waals surface area contributed by atoms with Crippen LogP contribution in [0.4, 0.5) is 0 Å². The molecule has 1 saturated heterocycles. The normalized spacial score (nSPS) is 19.0. The number of aliphatic hydroxyl groups excluding tert-OH is 1. The van der Waals surface area contributed by atoms with Crippen molar-refractivity contribution in [3.63, 3.8) is 0 Å². The zero-order valence-corrected chi connectivity index (χ0v) is 15.9. The van der Waals surface area contributed by atoms with Gasteiger partial charge in [-0.2, -0.15) is 0 Å². The number of benzene rings is 2. The predicted molar refractivity (Wildman–Crippen MR) is 105 cm³/mol. The molecule has 0 bridgehead atoms. The summed E-state index contributed by atoms with van der Waals surface area (Å²) in [6.07, 6.45) is 1.57. The molecule has 2 aromatic carbocycles. The van der Waals surface area contributed by atoms with Crippen LogP contribution in [-0.2, 0) is 9.59 Å². The van der Waals surface area contributed by atoms with Gasteiger partial charge < -0.3 is 10.0 Å². The highest BCUT2D eigenvalue weighted by Gasteiger charge is 2.45. The zero-order chi connectivity index (χ0) is 18.8. The fourth-order valence-electron chi connectivity index (χ4n) is 3.07. The first-order valence-corrected chi connectivity index (χ1v) is 8.95. The van der Waals surface area contributed by atoms with Crippen LogP contribution in [0.1, 0.15) is 22.7 Å². The van der Waals surface area contributed by atoms with Crippen molar-refractivity contribution >= 4 is 33.4 Å². The third-order valence-electron chi connectivity index (χ3n) is 4.38. The van der Waals surface area contributed by atoms with Gasteiger partial charge in [-0.05, 0) is 24.6 Å². The number of carbonyl (C=O) groups is 2. The molecule has 132 valence electrons. The minimum atomic E-state index is -0.683. The Kier molecular flexibility index (Phi) is 5.09. The second-order valence-corrected chi connectivity index (χ2v) is 7.07. The van der Waals surface area contributed by atoms with Gasteiger partial charge in [0.05, 0.1) is 11.6 Å². The molecular weight excluding hydrogens is 394 g/mol. The van der Waals surface area contributed by atoms with Gasteiger partial charge in [-0.1, -0.05) is 64.0 Å². The van der Waals surface area contributed by atoms with Gasteiger partial charge in [0.25, 0.3) is 11.7 Å². The van der Waals surface area contributed by atoms with E-state index in [0.29, 0.717) is 5.56 Å². The molecule has 1 amide bonds. The topological polar surface area (TPSA) is 57.6 Å². The number of aliphatic hydroxyl groups is 1. The van der Waals surface area contributed by atoms with Crippen molar-refractivity contribution in [3.8, 4) is 0 Å². The molecule has 1 aliphatic rings. The van der Waals surface area contributed by atoms with Crippen LogP contribution >= 0.6 is 15.9 Å². The number of ketones is 1. The SMILES string of the molecule is C=CCN1C(=O)C(=O)C(=C(O)c2ccc(C)cc2)C1c1ccc(Br)cc1. The van der Waals surface area contributed by atoms with Gasteiger partial charge in [-0.15, -0.1) is 6.58 Å². The van der Waals surface area contributed by atoms with Crippen LogP contribution in [0.3, 0.4) is 0 Å². The lowest BCUT2D eigenvalue weighted by Crippen LogP contribution is -2.29. The molecule has 1 fully saturated rings. The van der Waals surface area contributed by atoms with Gasteiger partial charge in [-0.3, -0.25) is 9.59 Å². The summed E-state index contributed by atoms with van der Waals surface area (Å²) >= 11 is 3.39. The minimum absolute atomic E-state index is 0.100. The van der Waals surface area contributed by atoms with Crippen molar-refractivity contribution in [2.45, 2.75) is 13.0 Å². The van der Waals surface area contributed by atoms with E-state index in [1.54, 1.807) is 18.2 Å². The lowest BCUT2D eigenvalue weighted by molar-refractivity contribution is -0.139. The number of carbonyl (C=O) groups excluding carboxylic acids is 2. The summed E-state index contributed by atoms with van der Waals surface area (Å²) in [5.41, 5.74) is 2.40. The van der Waals surface area contributed by atoms with Crippen molar-refractivity contribution in [2.75, 3.05) is 6.54 Å². The van der Waals surface area contributed by atoms with Gasteiger partial charge in [0.1, 0.15) is 5.76 Å². The van der Waals surface area contributed by atoms with E-state index in [1.807, 2.05) is 43.3 Å². The zero-order valence-electron chi connectivity index (χ0n) is 14.3. The maximum atomic E-state index is 12.7. The molecule has 1 N–H and O–H groups in total. The second-order valence-electron chi connectivity index (χ2n) is 6.16. The van der Waals surface area contributed by atoms with Crippen LogP contribution in [0.15, 0.2) is 71.2 Å². The number of aryl methyl sites for hydroxylation is 1. The molecule has 0 aromatic heterocycles. The lowest BCUT2D eigenvalue weighted by Gasteiger charge is -2.24. The molecule has 26 heavy (non-hydrogen) atoms. The molecule has 1 heterocycles. The predicted octanol–water partition coefficient (Wildman–Crippen LogP) is 4.37. The first kappa shape index (κ1) is 18.1. The van der Waals surface area contributed by atoms with Crippen LogP contribution in [-0.4, -0.2) is 28.2 Å². The summed E-state index contributed by atoms with van der Waals surface area (Å²) in [4.78, 5) is 26.6. The average Bonchev–Trinajstić information content (AvgIpc) is 2.88. The maximum Gasteiger partial charge on any atom is 0.295 e. The third kappa shape index (κ3) is 3.22. The Hall–Kier alpha value is -2.66. The molecule has 0 spiro atoms. The van der Waals surface area contributed by atoms with Crippen molar-refractivity contribution in [1.29, 1.82) is 0 Å². The van der Waals surface area contributed by atoms with E-state index in [0.717, 1.165) is 15.6 Å². The number of hydrogen-bond acceptors (Lipinski definition) is 3. The number of nitrogens with zero attached hydrogens (tertiary/aromatic N) is 1. The Morgan fingerprint density at radius 2 is 1.77 bits per heavy atom. The summed E-state index contributed by atoms with van der Waals surface area (Å²) in [5, 5.41) is 10.8. The van der Waals surface area contributed by atoms with Crippen molar-refractivity contribution in [3.05, 3.63) is 87.9 Å². The monoisotopic (exact) mass is 411 g/mol. The van der Waals surface area contributed by atoms with E-state index in [4.69, 9.17) is 0 Å². The summed E-state index contributed by atoms with van der Waals surface area (Å²) in [5.74, 6) is -1.48. The number of Topliss-reactive ketones (excluding diaryl/α,β-unsaturated/α-hetero) is 1. The van der Waals surface area contributed by atoms with Gasteiger partial charge in [0.2, 0.25) is 0 Å². The lowest BCUT2D eigenvalue weighted by atomic mass is 9.95. The average molecular weight is 412 g/mol. The first-order chi connectivity index (χ1) is 12.4. The van der Waals surface area contributed by atoms with E-state index in [1.165, 1.54) is 4.90 Å². The molecule has 0 radical (unpaired) electrons. The van der Waals surface area contributed by atoms with Crippen LogP contribution < -0.4 is 0 Å². The first-order valence-electron chi connectivity index (χ1n) is 8.16. The van der Waals surface area contributed by atoms with E-state index in [9.17, 15) is 14.7 Å². The quantitative estimate of drug-likeness (QED) is 0.351. The Bertz CT molecular complexity index is 898. The highest BCUT2D eigenvalue weighted by atomic mass is 79.9. The van der Waals surface area contributed by atoms with Crippen molar-refractivity contribution < 1.29 is 14.7 Å². The Balaban J connectivity index is 2.18. The molecule has 1 unspecified atom stereocenters. The largest absolute Gasteiger partial charge is 0.507 e. The molecule has 3 rings (SSSR count). The third-order valence-corrected chi connectivity index (χ3v) is 4.91. The van der Waals surface area contributed by atoms with E-state index in [2.05, 4.69) is 22.5 Å². The number of likely N-dealkylation sites (tertiary alicyclic amines) is 1.